The van der Waals surface area contributed by atoms with Crippen LogP contribution in [-0.2, 0) is 22.3 Å². The van der Waals surface area contributed by atoms with Crippen molar-refractivity contribution >= 4 is 29.4 Å². The van der Waals surface area contributed by atoms with Gasteiger partial charge in [0.25, 0.3) is 0 Å². The molecule has 0 aliphatic carbocycles. The molecule has 3 heterocycles. The van der Waals surface area contributed by atoms with Gasteiger partial charge >= 0.3 is 6.09 Å². The van der Waals surface area contributed by atoms with Crippen LogP contribution in [0, 0.1) is 6.92 Å². The number of morpholine rings is 1. The number of hydrogen-bond donors (Lipinski definition) is 1. The van der Waals surface area contributed by atoms with Gasteiger partial charge in [0.15, 0.2) is 0 Å². The number of ether oxygens (including phenoxy) is 2. The van der Waals surface area contributed by atoms with Crippen LogP contribution >= 0.6 is 11.8 Å². The first-order chi connectivity index (χ1) is 13.7. The number of pyridine rings is 1. The van der Waals surface area contributed by atoms with Gasteiger partial charge in [-0.25, -0.2) is 14.8 Å². The van der Waals surface area contributed by atoms with Crippen molar-refractivity contribution in [2.24, 2.45) is 7.05 Å². The molecule has 0 atom stereocenters. The second kappa shape index (κ2) is 9.04. The molecule has 0 saturated carbocycles. The lowest BCUT2D eigenvalue weighted by Gasteiger charge is -2.29. The number of imidazole rings is 1. The van der Waals surface area contributed by atoms with Crippen LogP contribution < -0.4 is 10.2 Å². The Morgan fingerprint density at radius 1 is 1.28 bits per heavy atom. The largest absolute Gasteiger partial charge is 0.444 e. The Morgan fingerprint density at radius 2 is 2.00 bits per heavy atom. The number of rotatable bonds is 5. The van der Waals surface area contributed by atoms with Gasteiger partial charge < -0.3 is 18.9 Å². The number of aryl methyl sites for hydroxylation is 2. The fraction of sp³-hybridized carbons (Fsp3) is 0.550. The van der Waals surface area contributed by atoms with Crippen molar-refractivity contribution in [2.45, 2.75) is 44.1 Å². The quantitative estimate of drug-likeness (QED) is 0.742. The summed E-state index contributed by atoms with van der Waals surface area (Å²) in [5.41, 5.74) is 1.32. The Morgan fingerprint density at radius 3 is 2.62 bits per heavy atom. The third kappa shape index (κ3) is 6.37. The maximum absolute atomic E-state index is 12.2. The summed E-state index contributed by atoms with van der Waals surface area (Å²) in [6, 6.07) is 3.95. The highest BCUT2D eigenvalue weighted by molar-refractivity contribution is 7.98. The number of carbonyl (C=O) groups excluding carboxylic acids is 1. The zero-order chi connectivity index (χ0) is 21.0. The number of carbonyl (C=O) groups is 1. The molecule has 8 nitrogen and oxygen atoms in total. The van der Waals surface area contributed by atoms with Crippen LogP contribution in [0.4, 0.5) is 16.3 Å². The fourth-order valence-electron chi connectivity index (χ4n) is 2.87. The molecule has 3 rings (SSSR count). The van der Waals surface area contributed by atoms with Crippen LogP contribution in [0.3, 0.4) is 0 Å². The normalized spacial score (nSPS) is 14.7. The Balaban J connectivity index is 1.78. The summed E-state index contributed by atoms with van der Waals surface area (Å²) in [7, 11) is 1.98. The lowest BCUT2D eigenvalue weighted by atomic mass is 10.2. The number of amides is 1. The molecule has 158 valence electrons. The molecule has 2 aromatic heterocycles. The maximum atomic E-state index is 12.2. The summed E-state index contributed by atoms with van der Waals surface area (Å²) >= 11 is 1.62. The number of anilines is 2. The summed E-state index contributed by atoms with van der Waals surface area (Å²) in [5, 5.41) is 3.72. The zero-order valence-electron chi connectivity index (χ0n) is 17.7. The Kier molecular flexibility index (Phi) is 6.69. The summed E-state index contributed by atoms with van der Waals surface area (Å²) in [5.74, 6) is 2.10. The van der Waals surface area contributed by atoms with Crippen LogP contribution in [0.1, 0.15) is 32.3 Å². The molecule has 1 N–H and O–H groups in total. The molecule has 0 unspecified atom stereocenters. The van der Waals surface area contributed by atoms with Gasteiger partial charge in [0, 0.05) is 43.8 Å². The average molecular weight is 420 g/mol. The van der Waals surface area contributed by atoms with Crippen LogP contribution in [0.25, 0.3) is 0 Å². The number of thioether (sulfide) groups is 1. The van der Waals surface area contributed by atoms with E-state index in [4.69, 9.17) is 9.47 Å². The van der Waals surface area contributed by atoms with Gasteiger partial charge in [-0.15, -0.1) is 0 Å². The molecule has 29 heavy (non-hydrogen) atoms. The monoisotopic (exact) mass is 419 g/mol. The van der Waals surface area contributed by atoms with Gasteiger partial charge in [0.05, 0.1) is 18.9 Å². The van der Waals surface area contributed by atoms with E-state index < -0.39 is 11.7 Å². The minimum Gasteiger partial charge on any atom is -0.444 e. The third-order valence-corrected chi connectivity index (χ3v) is 5.26. The zero-order valence-corrected chi connectivity index (χ0v) is 18.5. The van der Waals surface area contributed by atoms with Gasteiger partial charge in [0.1, 0.15) is 22.3 Å². The smallest absolute Gasteiger partial charge is 0.413 e. The van der Waals surface area contributed by atoms with E-state index >= 15 is 0 Å². The van der Waals surface area contributed by atoms with E-state index in [9.17, 15) is 4.79 Å². The van der Waals surface area contributed by atoms with Crippen LogP contribution in [-0.4, -0.2) is 52.5 Å². The SMILES string of the molecule is Cc1nc(SCc2cc(N3CCOCC3)cc(NC(=O)OC(C)(C)C)n2)cn1C. The highest BCUT2D eigenvalue weighted by Gasteiger charge is 2.19. The van der Waals surface area contributed by atoms with Crippen LogP contribution in [0.5, 0.6) is 0 Å². The molecule has 2 aromatic rings. The van der Waals surface area contributed by atoms with Crippen LogP contribution in [0.15, 0.2) is 23.4 Å². The van der Waals surface area contributed by atoms with Crippen molar-refractivity contribution in [1.29, 1.82) is 0 Å². The van der Waals surface area contributed by atoms with Gasteiger partial charge in [-0.3, -0.25) is 5.32 Å². The topological polar surface area (TPSA) is 81.5 Å². The van der Waals surface area contributed by atoms with Crippen molar-refractivity contribution in [3.8, 4) is 0 Å². The molecule has 1 amide bonds. The number of nitrogens with one attached hydrogen (secondary N) is 1. The second-order valence-corrected chi connectivity index (χ2v) is 8.95. The standard InChI is InChI=1S/C20H29N5O3S/c1-14-21-18(12-24(14)5)29-13-15-10-16(25-6-8-27-9-7-25)11-17(22-15)23-19(26)28-20(2,3)4/h10-12H,6-9,13H2,1-5H3,(H,22,23,26). The summed E-state index contributed by atoms with van der Waals surface area (Å²) < 4.78 is 12.8. The number of hydrogen-bond acceptors (Lipinski definition) is 7. The number of nitrogens with zero attached hydrogens (tertiary/aromatic N) is 4. The van der Waals surface area contributed by atoms with E-state index in [-0.39, 0.29) is 0 Å². The van der Waals surface area contributed by atoms with E-state index in [1.54, 1.807) is 11.8 Å². The molecule has 9 heteroatoms. The molecule has 0 spiro atoms. The van der Waals surface area contributed by atoms with Gasteiger partial charge in [0.2, 0.25) is 0 Å². The lowest BCUT2D eigenvalue weighted by Crippen LogP contribution is -2.36. The number of aromatic nitrogens is 3. The van der Waals surface area contributed by atoms with E-state index in [0.29, 0.717) is 24.8 Å². The van der Waals surface area contributed by atoms with E-state index in [1.807, 2.05) is 51.6 Å². The second-order valence-electron chi connectivity index (χ2n) is 7.95. The molecule has 0 radical (unpaired) electrons. The molecular weight excluding hydrogens is 390 g/mol. The Labute approximate surface area is 176 Å². The van der Waals surface area contributed by atoms with Crippen molar-refractivity contribution in [2.75, 3.05) is 36.5 Å². The maximum Gasteiger partial charge on any atom is 0.413 e. The van der Waals surface area contributed by atoms with E-state index in [2.05, 4.69) is 26.3 Å². The van der Waals surface area contributed by atoms with Crippen molar-refractivity contribution < 1.29 is 14.3 Å². The fourth-order valence-corrected chi connectivity index (χ4v) is 3.74. The summed E-state index contributed by atoms with van der Waals surface area (Å²) in [6.45, 7) is 10.5. The van der Waals surface area contributed by atoms with Crippen molar-refractivity contribution in [3.05, 3.63) is 29.8 Å². The van der Waals surface area contributed by atoms with E-state index in [0.717, 1.165) is 35.3 Å². The Hall–Kier alpha value is -2.26. The van der Waals surface area contributed by atoms with Crippen molar-refractivity contribution in [1.82, 2.24) is 14.5 Å². The molecule has 1 saturated heterocycles. The Bertz CT molecular complexity index is 837. The summed E-state index contributed by atoms with van der Waals surface area (Å²) in [6.07, 6.45) is 1.49. The van der Waals surface area contributed by atoms with Crippen molar-refractivity contribution in [3.63, 3.8) is 0 Å². The predicted molar refractivity (Wildman–Crippen MR) is 115 cm³/mol. The summed E-state index contributed by atoms with van der Waals surface area (Å²) in [4.78, 5) is 23.6. The molecule has 1 aliphatic rings. The minimum atomic E-state index is -0.568. The first-order valence-electron chi connectivity index (χ1n) is 9.66. The molecule has 0 aromatic carbocycles. The highest BCUT2D eigenvalue weighted by atomic mass is 32.2. The van der Waals surface area contributed by atoms with E-state index in [1.165, 1.54) is 0 Å². The van der Waals surface area contributed by atoms with Gasteiger partial charge in [-0.2, -0.15) is 0 Å². The first-order valence-corrected chi connectivity index (χ1v) is 10.6. The third-order valence-electron chi connectivity index (χ3n) is 4.32. The minimum absolute atomic E-state index is 0.482. The highest BCUT2D eigenvalue weighted by Crippen LogP contribution is 2.26. The molecule has 1 aliphatic heterocycles. The van der Waals surface area contributed by atoms with Gasteiger partial charge in [-0.05, 0) is 33.8 Å². The predicted octanol–water partition coefficient (Wildman–Crippen LogP) is 3.60. The lowest BCUT2D eigenvalue weighted by molar-refractivity contribution is 0.0635. The average Bonchev–Trinajstić information content (AvgIpc) is 2.97. The van der Waals surface area contributed by atoms with Gasteiger partial charge in [-0.1, -0.05) is 11.8 Å². The first kappa shape index (κ1) is 21.4. The molecule has 0 bridgehead atoms. The van der Waals surface area contributed by atoms with Crippen LogP contribution in [0.2, 0.25) is 0 Å². The molecular formula is C20H29N5O3S. The molecule has 1 fully saturated rings.